The molecule has 6 nitrogen and oxygen atoms in total. The fourth-order valence-electron chi connectivity index (χ4n) is 1.60. The van der Waals surface area contributed by atoms with Gasteiger partial charge in [-0.25, -0.2) is 15.0 Å². The predicted octanol–water partition coefficient (Wildman–Crippen LogP) is 1.79. The third-order valence-corrected chi connectivity index (χ3v) is 3.23. The molecule has 0 aliphatic carbocycles. The topological polar surface area (TPSA) is 104 Å². The first-order valence-corrected chi connectivity index (χ1v) is 6.34. The summed E-state index contributed by atoms with van der Waals surface area (Å²) in [5, 5.41) is 8.57. The number of imidazole rings is 1. The average molecular weight is 270 g/mol. The third kappa shape index (κ3) is 2.41. The van der Waals surface area contributed by atoms with Gasteiger partial charge in [0.05, 0.1) is 11.0 Å². The van der Waals surface area contributed by atoms with Crippen molar-refractivity contribution in [3.63, 3.8) is 0 Å². The molecule has 0 fully saturated rings. The Hall–Kier alpha value is -2.41. The molecule has 7 heteroatoms. The lowest BCUT2D eigenvalue weighted by atomic mass is 10.3. The Bertz CT molecular complexity index is 718. The molecule has 0 radical (unpaired) electrons. The highest BCUT2D eigenvalue weighted by Gasteiger charge is 2.07. The zero-order chi connectivity index (χ0) is 13.2. The lowest BCUT2D eigenvalue weighted by Gasteiger charge is -1.99. The number of benzene rings is 1. The standard InChI is InChI=1S/C12H10N6S/c13-10(14)9-5-6-15-11(18-9)19-12-16-7-3-1-2-4-8(7)17-12/h1-6H,(H3,13,14)(H,16,17). The van der Waals surface area contributed by atoms with Gasteiger partial charge in [-0.05, 0) is 30.0 Å². The van der Waals surface area contributed by atoms with Crippen LogP contribution in [-0.4, -0.2) is 25.8 Å². The number of rotatable bonds is 3. The summed E-state index contributed by atoms with van der Waals surface area (Å²) in [5.41, 5.74) is 7.67. The van der Waals surface area contributed by atoms with Crippen LogP contribution in [0.2, 0.25) is 0 Å². The van der Waals surface area contributed by atoms with Crippen molar-refractivity contribution < 1.29 is 0 Å². The van der Waals surface area contributed by atoms with Crippen LogP contribution in [0, 0.1) is 5.41 Å². The molecule has 0 atom stereocenters. The highest BCUT2D eigenvalue weighted by Crippen LogP contribution is 2.24. The Kier molecular flexibility index (Phi) is 2.88. The van der Waals surface area contributed by atoms with Crippen molar-refractivity contribution in [2.24, 2.45) is 5.73 Å². The van der Waals surface area contributed by atoms with E-state index in [2.05, 4.69) is 19.9 Å². The summed E-state index contributed by atoms with van der Waals surface area (Å²) >= 11 is 1.30. The molecule has 0 spiro atoms. The van der Waals surface area contributed by atoms with Crippen molar-refractivity contribution in [1.82, 2.24) is 19.9 Å². The summed E-state index contributed by atoms with van der Waals surface area (Å²) in [5.74, 6) is -0.0751. The molecule has 4 N–H and O–H groups in total. The van der Waals surface area contributed by atoms with Crippen molar-refractivity contribution in [3.05, 3.63) is 42.2 Å². The number of nitrogen functional groups attached to an aromatic ring is 1. The SMILES string of the molecule is N=C(N)c1ccnc(Sc2nc3ccccc3[nH]2)n1. The third-order valence-electron chi connectivity index (χ3n) is 2.47. The van der Waals surface area contributed by atoms with E-state index in [0.717, 1.165) is 11.0 Å². The summed E-state index contributed by atoms with van der Waals surface area (Å²) in [4.78, 5) is 15.9. The van der Waals surface area contributed by atoms with Crippen molar-refractivity contribution >= 4 is 28.6 Å². The van der Waals surface area contributed by atoms with Gasteiger partial charge in [-0.15, -0.1) is 0 Å². The van der Waals surface area contributed by atoms with E-state index in [1.165, 1.54) is 11.8 Å². The number of aromatic amines is 1. The maximum atomic E-state index is 7.35. The Balaban J connectivity index is 1.92. The fraction of sp³-hybridized carbons (Fsp3) is 0. The second-order valence-corrected chi connectivity index (χ2v) is 4.76. The fourth-order valence-corrected chi connectivity index (χ4v) is 2.34. The predicted molar refractivity (Wildman–Crippen MR) is 73.3 cm³/mol. The van der Waals surface area contributed by atoms with Crippen LogP contribution in [0.1, 0.15) is 5.69 Å². The quantitative estimate of drug-likeness (QED) is 0.382. The molecule has 2 aromatic heterocycles. The summed E-state index contributed by atoms with van der Waals surface area (Å²) < 4.78 is 0. The molecule has 3 rings (SSSR count). The number of nitrogens with one attached hydrogen (secondary N) is 2. The van der Waals surface area contributed by atoms with Gasteiger partial charge >= 0.3 is 0 Å². The number of hydrogen-bond acceptors (Lipinski definition) is 5. The van der Waals surface area contributed by atoms with Crippen LogP contribution in [0.5, 0.6) is 0 Å². The number of fused-ring (bicyclic) bond motifs is 1. The number of amidine groups is 1. The molecule has 19 heavy (non-hydrogen) atoms. The van der Waals surface area contributed by atoms with Crippen LogP contribution in [0.3, 0.4) is 0 Å². The molecule has 2 heterocycles. The molecular weight excluding hydrogens is 260 g/mol. The van der Waals surface area contributed by atoms with Gasteiger partial charge in [0.1, 0.15) is 11.5 Å². The number of nitrogens with two attached hydrogens (primary N) is 1. The molecule has 1 aromatic carbocycles. The number of hydrogen-bond donors (Lipinski definition) is 3. The first-order valence-electron chi connectivity index (χ1n) is 5.52. The van der Waals surface area contributed by atoms with Gasteiger partial charge in [-0.3, -0.25) is 5.41 Å². The van der Waals surface area contributed by atoms with Crippen LogP contribution in [0.15, 0.2) is 46.8 Å². The molecule has 0 saturated carbocycles. The molecule has 0 unspecified atom stereocenters. The van der Waals surface area contributed by atoms with E-state index in [-0.39, 0.29) is 5.84 Å². The lowest BCUT2D eigenvalue weighted by molar-refractivity contribution is 0.942. The number of aromatic nitrogens is 4. The van der Waals surface area contributed by atoms with Crippen LogP contribution in [-0.2, 0) is 0 Å². The van der Waals surface area contributed by atoms with Crippen molar-refractivity contribution in [3.8, 4) is 0 Å². The minimum Gasteiger partial charge on any atom is -0.382 e. The summed E-state index contributed by atoms with van der Waals surface area (Å²) in [6.07, 6.45) is 1.58. The Morgan fingerprint density at radius 1 is 1.21 bits per heavy atom. The highest BCUT2D eigenvalue weighted by atomic mass is 32.2. The van der Waals surface area contributed by atoms with Gasteiger partial charge < -0.3 is 10.7 Å². The second-order valence-electron chi connectivity index (χ2n) is 3.80. The van der Waals surface area contributed by atoms with E-state index in [1.54, 1.807) is 12.3 Å². The Morgan fingerprint density at radius 2 is 2.05 bits per heavy atom. The van der Waals surface area contributed by atoms with E-state index in [0.29, 0.717) is 16.0 Å². The van der Waals surface area contributed by atoms with Gasteiger partial charge in [0.15, 0.2) is 10.3 Å². The molecule has 0 saturated heterocycles. The monoisotopic (exact) mass is 270 g/mol. The summed E-state index contributed by atoms with van der Waals surface area (Å²) in [6.45, 7) is 0. The lowest BCUT2D eigenvalue weighted by Crippen LogP contribution is -2.13. The van der Waals surface area contributed by atoms with Gasteiger partial charge in [-0.1, -0.05) is 12.1 Å². The first kappa shape index (κ1) is 11.7. The van der Waals surface area contributed by atoms with Crippen molar-refractivity contribution in [2.75, 3.05) is 0 Å². The van der Waals surface area contributed by atoms with Crippen LogP contribution < -0.4 is 5.73 Å². The smallest absolute Gasteiger partial charge is 0.196 e. The number of para-hydroxylation sites is 2. The minimum atomic E-state index is -0.0751. The maximum absolute atomic E-state index is 7.35. The van der Waals surface area contributed by atoms with E-state index in [9.17, 15) is 0 Å². The van der Waals surface area contributed by atoms with E-state index in [1.807, 2.05) is 24.3 Å². The summed E-state index contributed by atoms with van der Waals surface area (Å²) in [6, 6.07) is 9.37. The van der Waals surface area contributed by atoms with Crippen LogP contribution in [0.25, 0.3) is 11.0 Å². The Labute approximate surface area is 113 Å². The minimum absolute atomic E-state index is 0.0751. The van der Waals surface area contributed by atoms with Gasteiger partial charge in [0.2, 0.25) is 0 Å². The molecule has 0 aliphatic heterocycles. The largest absolute Gasteiger partial charge is 0.382 e. The normalized spacial score (nSPS) is 10.7. The highest BCUT2D eigenvalue weighted by molar-refractivity contribution is 7.99. The Morgan fingerprint density at radius 3 is 2.84 bits per heavy atom. The van der Waals surface area contributed by atoms with E-state index in [4.69, 9.17) is 11.1 Å². The van der Waals surface area contributed by atoms with Crippen molar-refractivity contribution in [2.45, 2.75) is 10.3 Å². The van der Waals surface area contributed by atoms with Gasteiger partial charge in [-0.2, -0.15) is 0 Å². The van der Waals surface area contributed by atoms with Crippen molar-refractivity contribution in [1.29, 1.82) is 5.41 Å². The van der Waals surface area contributed by atoms with Crippen LogP contribution in [0.4, 0.5) is 0 Å². The molecule has 0 bridgehead atoms. The number of H-pyrrole nitrogens is 1. The maximum Gasteiger partial charge on any atom is 0.196 e. The molecule has 94 valence electrons. The van der Waals surface area contributed by atoms with E-state index >= 15 is 0 Å². The molecule has 0 aliphatic rings. The molecular formula is C12H10N6S. The molecule has 3 aromatic rings. The second kappa shape index (κ2) is 4.69. The zero-order valence-corrected chi connectivity index (χ0v) is 10.6. The van der Waals surface area contributed by atoms with Crippen LogP contribution >= 0.6 is 11.8 Å². The number of nitrogens with zero attached hydrogens (tertiary/aromatic N) is 3. The average Bonchev–Trinajstić information content (AvgIpc) is 2.81. The summed E-state index contributed by atoms with van der Waals surface area (Å²) in [7, 11) is 0. The van der Waals surface area contributed by atoms with Gasteiger partial charge in [0, 0.05) is 6.20 Å². The zero-order valence-electron chi connectivity index (χ0n) is 9.79. The van der Waals surface area contributed by atoms with E-state index < -0.39 is 0 Å². The molecule has 0 amide bonds. The van der Waals surface area contributed by atoms with Gasteiger partial charge in [0.25, 0.3) is 0 Å². The first-order chi connectivity index (χ1) is 9.22.